The summed E-state index contributed by atoms with van der Waals surface area (Å²) in [5.74, 6) is 1.17. The minimum atomic E-state index is -0.614. The number of nitriles is 1. The highest BCUT2D eigenvalue weighted by molar-refractivity contribution is 6.37. The predicted molar refractivity (Wildman–Crippen MR) is 250 cm³/mol. The van der Waals surface area contributed by atoms with Crippen LogP contribution in [0.4, 0.5) is 0 Å². The number of rotatable bonds is 15. The number of ether oxygens (including phenoxy) is 3. The minimum absolute atomic E-state index is 0.203. The van der Waals surface area contributed by atoms with E-state index in [4.69, 9.17) is 63.1 Å². The molecule has 7 heterocycles. The average molecular weight is 917 g/mol. The van der Waals surface area contributed by atoms with E-state index in [0.29, 0.717) is 106 Å². The van der Waals surface area contributed by atoms with Crippen molar-refractivity contribution in [3.8, 4) is 40.6 Å². The summed E-state index contributed by atoms with van der Waals surface area (Å²) in [6.45, 7) is 14.2. The van der Waals surface area contributed by atoms with E-state index in [9.17, 15) is 10.1 Å². The van der Waals surface area contributed by atoms with Crippen molar-refractivity contribution in [1.82, 2.24) is 53.5 Å². The number of nitrogens with zero attached hydrogens (tertiary/aromatic N) is 12. The van der Waals surface area contributed by atoms with Gasteiger partial charge in [0.25, 0.3) is 0 Å². The number of nitrogens with two attached hydrogens (primary N) is 1. The number of benzene rings is 2. The first-order chi connectivity index (χ1) is 31.5. The van der Waals surface area contributed by atoms with Gasteiger partial charge in [0.2, 0.25) is 5.91 Å². The number of hydrogen-bond donors (Lipinski definition) is 1. The summed E-state index contributed by atoms with van der Waals surface area (Å²) in [4.78, 5) is 34.7. The second-order valence-electron chi connectivity index (χ2n) is 15.8. The third-order valence-corrected chi connectivity index (χ3v) is 12.2. The third kappa shape index (κ3) is 8.11. The smallest absolute Gasteiger partial charge is 0.248 e. The molecule has 0 atom stereocenters. The number of primary amides is 1. The van der Waals surface area contributed by atoms with Crippen LogP contribution in [0.3, 0.4) is 0 Å². The lowest BCUT2D eigenvalue weighted by molar-refractivity contribution is 0.0358. The van der Waals surface area contributed by atoms with Gasteiger partial charge in [0.15, 0.2) is 11.6 Å². The lowest BCUT2D eigenvalue weighted by atomic mass is 10.1. The van der Waals surface area contributed by atoms with Crippen LogP contribution in [0.2, 0.25) is 10.3 Å². The summed E-state index contributed by atoms with van der Waals surface area (Å²) in [7, 11) is 1.54. The molecule has 0 radical (unpaired) electrons. The van der Waals surface area contributed by atoms with Gasteiger partial charge >= 0.3 is 0 Å². The maximum Gasteiger partial charge on any atom is 0.248 e. The average Bonchev–Trinajstić information content (AvgIpc) is 4.06. The Morgan fingerprint density at radius 1 is 0.815 bits per heavy atom. The number of carbonyl (C=O) groups is 1. The van der Waals surface area contributed by atoms with Crippen molar-refractivity contribution >= 4 is 73.0 Å². The number of fused-ring (bicyclic) bond motifs is 6. The van der Waals surface area contributed by atoms with E-state index in [1.165, 1.54) is 7.11 Å². The summed E-state index contributed by atoms with van der Waals surface area (Å²) in [5, 5.41) is 22.4. The zero-order valence-electron chi connectivity index (χ0n) is 36.7. The SMILES string of the molecule is CCn1nc(C)cc1-c1nc(Cl)c2c3cc(C(N)=O)cc(OC)c3n(CC=CCn3c4nc(-c5cc(C)nn5CC)nc(Cl)c4c4cc(C#N)cc(OCCCN5CCOCC5)c43)c2n1. The Morgan fingerprint density at radius 2 is 1.37 bits per heavy atom. The van der Waals surface area contributed by atoms with Gasteiger partial charge in [0.1, 0.15) is 44.5 Å². The van der Waals surface area contributed by atoms with Gasteiger partial charge in [0.05, 0.1) is 71.8 Å². The number of halogens is 2. The highest BCUT2D eigenvalue weighted by atomic mass is 35.5. The molecule has 334 valence electrons. The van der Waals surface area contributed by atoms with Crippen molar-refractivity contribution in [2.45, 2.75) is 60.3 Å². The first-order valence-electron chi connectivity index (χ1n) is 21.5. The highest BCUT2D eigenvalue weighted by Gasteiger charge is 2.25. The van der Waals surface area contributed by atoms with Gasteiger partial charge in [-0.3, -0.25) is 19.1 Å². The predicted octanol–water partition coefficient (Wildman–Crippen LogP) is 7.51. The molecule has 0 aliphatic carbocycles. The Labute approximate surface area is 383 Å². The van der Waals surface area contributed by atoms with E-state index < -0.39 is 5.91 Å². The molecule has 6 aromatic heterocycles. The molecule has 0 saturated carbocycles. The zero-order valence-corrected chi connectivity index (χ0v) is 38.2. The maximum absolute atomic E-state index is 12.5. The molecule has 17 nitrogen and oxygen atoms in total. The number of carbonyl (C=O) groups excluding carboxylic acids is 1. The molecule has 0 spiro atoms. The first-order valence-corrected chi connectivity index (χ1v) is 22.3. The van der Waals surface area contributed by atoms with Gasteiger partial charge in [-0.15, -0.1) is 0 Å². The fourth-order valence-electron chi connectivity index (χ4n) is 8.71. The van der Waals surface area contributed by atoms with Gasteiger partial charge in [0, 0.05) is 68.2 Å². The van der Waals surface area contributed by atoms with Crippen LogP contribution in [-0.2, 0) is 30.9 Å². The molecule has 9 rings (SSSR count). The van der Waals surface area contributed by atoms with Gasteiger partial charge in [-0.05, 0) is 64.4 Å². The van der Waals surface area contributed by atoms with E-state index in [1.54, 1.807) is 18.2 Å². The van der Waals surface area contributed by atoms with Crippen LogP contribution >= 0.6 is 23.2 Å². The zero-order chi connectivity index (χ0) is 45.5. The number of hydrogen-bond acceptors (Lipinski definition) is 12. The molecule has 2 N–H and O–H groups in total. The molecule has 19 heteroatoms. The molecule has 1 aliphatic heterocycles. The molecule has 8 aromatic rings. The number of methoxy groups -OCH3 is 1. The fourth-order valence-corrected chi connectivity index (χ4v) is 9.24. The Kier molecular flexibility index (Phi) is 12.2. The van der Waals surface area contributed by atoms with Crippen LogP contribution in [0.25, 0.3) is 66.9 Å². The van der Waals surface area contributed by atoms with E-state index in [-0.39, 0.29) is 15.9 Å². The van der Waals surface area contributed by atoms with Crippen molar-refractivity contribution in [2.24, 2.45) is 5.73 Å². The summed E-state index contributed by atoms with van der Waals surface area (Å²) in [6.07, 6.45) is 4.82. The van der Waals surface area contributed by atoms with Crippen LogP contribution in [0.5, 0.6) is 11.5 Å². The Balaban J connectivity index is 1.17. The van der Waals surface area contributed by atoms with Crippen molar-refractivity contribution in [2.75, 3.05) is 46.6 Å². The molecular weight excluding hydrogens is 869 g/mol. The van der Waals surface area contributed by atoms with Crippen molar-refractivity contribution < 1.29 is 19.0 Å². The minimum Gasteiger partial charge on any atom is -0.495 e. The number of morpholine rings is 1. The summed E-state index contributed by atoms with van der Waals surface area (Å²) in [5.41, 5.74) is 12.1. The molecule has 2 aromatic carbocycles. The lowest BCUT2D eigenvalue weighted by Crippen LogP contribution is -2.37. The Bertz CT molecular complexity index is 3230. The standard InChI is InChI=1S/C46H47Cl2N13O4/c1-6-60-32(19-26(3)55-60)43-51-40(47)36-30-21-28(25-49)22-35(65-16-10-11-57-14-17-64-18-15-57)39(30)59(45(36)53-43)13-9-8-12-58-38-31(23-29(42(50)62)24-34(38)63-5)37-41(48)52-44(54-46(37)58)33-20-27(4)56-61(33)7-2/h8-9,19-24H,6-7,10-18H2,1-5H3,(H2,50,62). The van der Waals surface area contributed by atoms with Crippen LogP contribution in [0.15, 0.2) is 48.6 Å². The van der Waals surface area contributed by atoms with Crippen molar-refractivity contribution in [3.63, 3.8) is 0 Å². The third-order valence-electron chi connectivity index (χ3n) is 11.6. The molecule has 0 unspecified atom stereocenters. The van der Waals surface area contributed by atoms with Gasteiger partial charge in [-0.25, -0.2) is 19.9 Å². The summed E-state index contributed by atoms with van der Waals surface area (Å²) < 4.78 is 25.7. The molecule has 65 heavy (non-hydrogen) atoms. The van der Waals surface area contributed by atoms with Gasteiger partial charge in [-0.2, -0.15) is 15.5 Å². The van der Waals surface area contributed by atoms with E-state index >= 15 is 0 Å². The molecule has 1 amide bonds. The first kappa shape index (κ1) is 43.7. The summed E-state index contributed by atoms with van der Waals surface area (Å²) >= 11 is 14.2. The fraction of sp³-hybridized carbons (Fsp3) is 0.348. The van der Waals surface area contributed by atoms with E-state index in [2.05, 4.69) is 21.2 Å². The van der Waals surface area contributed by atoms with Crippen LogP contribution in [0, 0.1) is 25.2 Å². The number of amides is 1. The maximum atomic E-state index is 12.5. The molecule has 1 aliphatic rings. The monoisotopic (exact) mass is 915 g/mol. The normalized spacial score (nSPS) is 13.6. The Morgan fingerprint density at radius 3 is 1.89 bits per heavy atom. The van der Waals surface area contributed by atoms with Crippen LogP contribution in [-0.4, -0.2) is 106 Å². The van der Waals surface area contributed by atoms with Crippen LogP contribution < -0.4 is 15.2 Å². The number of aryl methyl sites for hydroxylation is 4. The quantitative estimate of drug-likeness (QED) is 0.0605. The lowest BCUT2D eigenvalue weighted by Gasteiger charge is -2.26. The second-order valence-corrected chi connectivity index (χ2v) is 16.5. The van der Waals surface area contributed by atoms with E-state index in [0.717, 1.165) is 61.9 Å². The number of allylic oxidation sites excluding steroid dienone is 2. The molecular formula is C46H47Cl2N13O4. The largest absolute Gasteiger partial charge is 0.495 e. The molecule has 1 saturated heterocycles. The Hall–Kier alpha value is -6.58. The topological polar surface area (TPSA) is 195 Å². The second kappa shape index (κ2) is 18.1. The van der Waals surface area contributed by atoms with Crippen molar-refractivity contribution in [1.29, 1.82) is 5.26 Å². The van der Waals surface area contributed by atoms with Gasteiger partial charge < -0.3 is 29.1 Å². The number of aromatic nitrogens is 10. The van der Waals surface area contributed by atoms with Crippen molar-refractivity contribution in [3.05, 3.63) is 81.4 Å². The van der Waals surface area contributed by atoms with Crippen LogP contribution in [0.1, 0.15) is 47.6 Å². The highest BCUT2D eigenvalue weighted by Crippen LogP contribution is 2.41. The van der Waals surface area contributed by atoms with Gasteiger partial charge in [-0.1, -0.05) is 35.4 Å². The van der Waals surface area contributed by atoms with E-state index in [1.807, 2.05) is 76.5 Å². The summed E-state index contributed by atoms with van der Waals surface area (Å²) in [6, 6.07) is 13.1. The molecule has 1 fully saturated rings. The molecule has 0 bridgehead atoms.